The Labute approximate surface area is 115 Å². The zero-order chi connectivity index (χ0) is 13.2. The van der Waals surface area contributed by atoms with Crippen LogP contribution in [0.3, 0.4) is 0 Å². The maximum atomic E-state index is 9.60. The summed E-state index contributed by atoms with van der Waals surface area (Å²) in [7, 11) is -1.56. The smallest absolute Gasteiger partial charge is 0.407 e. The van der Waals surface area contributed by atoms with Gasteiger partial charge in [-0.3, -0.25) is 0 Å². The molecule has 1 heterocycles. The molecule has 0 aliphatic heterocycles. The molecule has 0 spiro atoms. The van der Waals surface area contributed by atoms with Gasteiger partial charge in [0.15, 0.2) is 0 Å². The summed E-state index contributed by atoms with van der Waals surface area (Å²) in [5.74, 6) is 0. The first-order valence-electron chi connectivity index (χ1n) is 5.92. The van der Waals surface area contributed by atoms with E-state index in [4.69, 9.17) is 0 Å². The molecule has 3 aromatic rings. The number of rotatable bonds is 3. The Morgan fingerprint density at radius 1 is 0.895 bits per heavy atom. The van der Waals surface area contributed by atoms with Gasteiger partial charge < -0.3 is 14.9 Å². The van der Waals surface area contributed by atoms with Gasteiger partial charge in [0.05, 0.1) is 0 Å². The van der Waals surface area contributed by atoms with Gasteiger partial charge in [0.25, 0.3) is 0 Å². The predicted octanol–water partition coefficient (Wildman–Crippen LogP) is 3.01. The number of fused-ring (bicyclic) bond motifs is 1. The van der Waals surface area contributed by atoms with Crippen molar-refractivity contribution >= 4 is 40.7 Å². The van der Waals surface area contributed by atoms with Crippen molar-refractivity contribution in [2.75, 3.05) is 4.81 Å². The number of anilines is 2. The summed E-state index contributed by atoms with van der Waals surface area (Å²) in [6, 6.07) is 15.7. The molecule has 3 rings (SSSR count). The molecule has 3 nitrogen and oxygen atoms in total. The minimum absolute atomic E-state index is 0.757. The molecule has 0 atom stereocenters. The monoisotopic (exact) mass is 269 g/mol. The summed E-state index contributed by atoms with van der Waals surface area (Å²) in [5.41, 5.74) is 1.53. The summed E-state index contributed by atoms with van der Waals surface area (Å²) >= 11 is 1.52. The minimum Gasteiger partial charge on any atom is -0.407 e. The van der Waals surface area contributed by atoms with Crippen LogP contribution in [0.25, 0.3) is 10.8 Å². The lowest BCUT2D eigenvalue weighted by molar-refractivity contribution is 0.407. The van der Waals surface area contributed by atoms with Gasteiger partial charge in [-0.15, -0.1) is 0 Å². The topological polar surface area (TPSA) is 43.7 Å². The minimum atomic E-state index is -1.56. The first-order chi connectivity index (χ1) is 9.25. The highest BCUT2D eigenvalue weighted by molar-refractivity contribution is 7.08. The number of hydrogen-bond acceptors (Lipinski definition) is 4. The molecule has 0 saturated carbocycles. The molecule has 2 N–H and O–H groups in total. The van der Waals surface area contributed by atoms with Crippen LogP contribution in [0, 0.1) is 0 Å². The number of thiophene rings is 1. The fourth-order valence-electron chi connectivity index (χ4n) is 2.14. The Kier molecular flexibility index (Phi) is 3.25. The van der Waals surface area contributed by atoms with E-state index in [9.17, 15) is 10.0 Å². The third-order valence-electron chi connectivity index (χ3n) is 3.03. The first-order valence-corrected chi connectivity index (χ1v) is 6.86. The number of hydrogen-bond donors (Lipinski definition) is 2. The lowest BCUT2D eigenvalue weighted by atomic mass is 10.0. The lowest BCUT2D eigenvalue weighted by Crippen LogP contribution is -2.35. The molecule has 94 valence electrons. The van der Waals surface area contributed by atoms with Crippen LogP contribution in [-0.4, -0.2) is 17.3 Å². The number of nitrogens with zero attached hydrogens (tertiary/aromatic N) is 1. The SMILES string of the molecule is OB(O)N(c1ccsc1)c1ccc2ccccc2c1. The van der Waals surface area contributed by atoms with Crippen molar-refractivity contribution in [3.05, 3.63) is 59.3 Å². The fraction of sp³-hybridized carbons (Fsp3) is 0. The van der Waals surface area contributed by atoms with Gasteiger partial charge in [-0.2, -0.15) is 11.3 Å². The Bertz CT molecular complexity index is 685. The van der Waals surface area contributed by atoms with Gasteiger partial charge in [0, 0.05) is 16.8 Å². The van der Waals surface area contributed by atoms with E-state index in [0.29, 0.717) is 0 Å². The molecule has 0 amide bonds. The Morgan fingerprint density at radius 2 is 1.68 bits per heavy atom. The van der Waals surface area contributed by atoms with E-state index in [1.807, 2.05) is 59.3 Å². The maximum Gasteiger partial charge on any atom is 0.592 e. The van der Waals surface area contributed by atoms with E-state index in [1.54, 1.807) is 0 Å². The van der Waals surface area contributed by atoms with Crippen LogP contribution in [0.1, 0.15) is 0 Å². The standard InChI is InChI=1S/C14H12BNO2S/c17-15(18)16(14-7-8-19-10-14)13-6-5-11-3-1-2-4-12(11)9-13/h1-10,17-18H. The van der Waals surface area contributed by atoms with E-state index in [0.717, 1.165) is 22.1 Å². The van der Waals surface area contributed by atoms with Crippen LogP contribution in [0.15, 0.2) is 59.3 Å². The van der Waals surface area contributed by atoms with Crippen LogP contribution in [-0.2, 0) is 0 Å². The third-order valence-corrected chi connectivity index (χ3v) is 3.70. The van der Waals surface area contributed by atoms with E-state index >= 15 is 0 Å². The molecule has 0 bridgehead atoms. The first kappa shape index (κ1) is 12.2. The molecule has 0 radical (unpaired) electrons. The van der Waals surface area contributed by atoms with Gasteiger partial charge in [-0.05, 0) is 34.4 Å². The van der Waals surface area contributed by atoms with E-state index < -0.39 is 7.25 Å². The second-order valence-electron chi connectivity index (χ2n) is 4.23. The zero-order valence-corrected chi connectivity index (χ0v) is 10.9. The largest absolute Gasteiger partial charge is 0.592 e. The van der Waals surface area contributed by atoms with Crippen molar-refractivity contribution in [3.8, 4) is 0 Å². The molecule has 5 heteroatoms. The van der Waals surface area contributed by atoms with Crippen LogP contribution < -0.4 is 4.81 Å². The van der Waals surface area contributed by atoms with E-state index in [2.05, 4.69) is 0 Å². The second kappa shape index (κ2) is 5.05. The van der Waals surface area contributed by atoms with Gasteiger partial charge >= 0.3 is 7.25 Å². The average Bonchev–Trinajstić information content (AvgIpc) is 2.92. The molecule has 1 aromatic heterocycles. The van der Waals surface area contributed by atoms with Crippen LogP contribution in [0.2, 0.25) is 0 Å². The van der Waals surface area contributed by atoms with Crippen molar-refractivity contribution in [1.82, 2.24) is 0 Å². The van der Waals surface area contributed by atoms with E-state index in [-0.39, 0.29) is 0 Å². The zero-order valence-electron chi connectivity index (χ0n) is 10.1. The summed E-state index contributed by atoms with van der Waals surface area (Å²) < 4.78 is 0. The molecule has 0 aliphatic rings. The normalized spacial score (nSPS) is 10.6. The average molecular weight is 269 g/mol. The Hall–Kier alpha value is -1.82. The molecule has 19 heavy (non-hydrogen) atoms. The molecule has 0 aliphatic carbocycles. The quantitative estimate of drug-likeness (QED) is 0.718. The van der Waals surface area contributed by atoms with Crippen molar-refractivity contribution in [2.24, 2.45) is 0 Å². The number of benzene rings is 2. The summed E-state index contributed by atoms with van der Waals surface area (Å²) in [5, 5.41) is 25.2. The lowest BCUT2D eigenvalue weighted by Gasteiger charge is -2.23. The summed E-state index contributed by atoms with van der Waals surface area (Å²) in [6.07, 6.45) is 0. The molecule has 0 unspecified atom stereocenters. The van der Waals surface area contributed by atoms with Gasteiger partial charge in [0.1, 0.15) is 0 Å². The van der Waals surface area contributed by atoms with E-state index in [1.165, 1.54) is 16.1 Å². The highest BCUT2D eigenvalue weighted by Crippen LogP contribution is 2.30. The van der Waals surface area contributed by atoms with Crippen molar-refractivity contribution in [1.29, 1.82) is 0 Å². The fourth-order valence-corrected chi connectivity index (χ4v) is 2.76. The van der Waals surface area contributed by atoms with Crippen LogP contribution in [0.5, 0.6) is 0 Å². The highest BCUT2D eigenvalue weighted by Gasteiger charge is 2.23. The van der Waals surface area contributed by atoms with Gasteiger partial charge in [0.2, 0.25) is 0 Å². The maximum absolute atomic E-state index is 9.60. The predicted molar refractivity (Wildman–Crippen MR) is 80.6 cm³/mol. The molecular weight excluding hydrogens is 257 g/mol. The third kappa shape index (κ3) is 2.36. The van der Waals surface area contributed by atoms with Crippen molar-refractivity contribution in [3.63, 3.8) is 0 Å². The molecular formula is C14H12BNO2S. The summed E-state index contributed by atoms with van der Waals surface area (Å²) in [6.45, 7) is 0. The summed E-state index contributed by atoms with van der Waals surface area (Å²) in [4.78, 5) is 1.49. The van der Waals surface area contributed by atoms with Crippen LogP contribution in [0.4, 0.5) is 11.4 Å². The second-order valence-corrected chi connectivity index (χ2v) is 5.01. The van der Waals surface area contributed by atoms with Gasteiger partial charge in [-0.25, -0.2) is 0 Å². The Balaban J connectivity index is 2.10. The highest BCUT2D eigenvalue weighted by atomic mass is 32.1. The molecule has 0 fully saturated rings. The Morgan fingerprint density at radius 3 is 2.37 bits per heavy atom. The van der Waals surface area contributed by atoms with Gasteiger partial charge in [-0.1, -0.05) is 30.3 Å². The van der Waals surface area contributed by atoms with Crippen molar-refractivity contribution < 1.29 is 10.0 Å². The van der Waals surface area contributed by atoms with Crippen molar-refractivity contribution in [2.45, 2.75) is 0 Å². The van der Waals surface area contributed by atoms with Crippen LogP contribution >= 0.6 is 11.3 Å². The molecule has 2 aromatic carbocycles. The molecule has 0 saturated heterocycles.